The molecule has 0 saturated heterocycles. The van der Waals surface area contributed by atoms with Crippen LogP contribution in [0.2, 0.25) is 0 Å². The predicted molar refractivity (Wildman–Crippen MR) is 69.7 cm³/mol. The molecule has 5 nitrogen and oxygen atoms in total. The van der Waals surface area contributed by atoms with Crippen molar-refractivity contribution in [1.82, 2.24) is 0 Å². The lowest BCUT2D eigenvalue weighted by atomic mass is 10.1. The van der Waals surface area contributed by atoms with E-state index < -0.39 is 7.60 Å². The van der Waals surface area contributed by atoms with Crippen LogP contribution in [0.3, 0.4) is 0 Å². The van der Waals surface area contributed by atoms with Gasteiger partial charge in [-0.05, 0) is 39.3 Å². The first-order valence-electron chi connectivity index (χ1n) is 5.79. The summed E-state index contributed by atoms with van der Waals surface area (Å²) in [4.78, 5) is 0. The molecular weight excluding hydrogens is 255 g/mol. The maximum atomic E-state index is 12.6. The van der Waals surface area contributed by atoms with Crippen molar-refractivity contribution < 1.29 is 23.8 Å². The first-order chi connectivity index (χ1) is 8.37. The molecule has 0 unspecified atom stereocenters. The highest BCUT2D eigenvalue weighted by Gasteiger charge is 2.34. The van der Waals surface area contributed by atoms with Gasteiger partial charge in [0.1, 0.15) is 16.8 Å². The van der Waals surface area contributed by atoms with Crippen LogP contribution in [0.4, 0.5) is 0 Å². The smallest absolute Gasteiger partial charge is 0.365 e. The molecule has 0 bridgehead atoms. The molecule has 1 aromatic carbocycles. The Kier molecular flexibility index (Phi) is 4.79. The average molecular weight is 274 g/mol. The van der Waals surface area contributed by atoms with Crippen molar-refractivity contribution in [2.75, 3.05) is 13.2 Å². The van der Waals surface area contributed by atoms with Crippen molar-refractivity contribution in [2.45, 2.75) is 27.7 Å². The minimum atomic E-state index is -3.61. The monoisotopic (exact) mass is 274 g/mol. The normalized spacial score (nSPS) is 11.8. The Balaban J connectivity index is 3.50. The van der Waals surface area contributed by atoms with Crippen molar-refractivity contribution in [3.05, 3.63) is 17.2 Å². The molecule has 0 saturated carbocycles. The number of aromatic hydroxyl groups is 2. The van der Waals surface area contributed by atoms with Gasteiger partial charge in [0.15, 0.2) is 0 Å². The maximum Gasteiger partial charge on any atom is 0.365 e. The molecule has 0 atom stereocenters. The fourth-order valence-corrected chi connectivity index (χ4v) is 3.68. The van der Waals surface area contributed by atoms with Crippen LogP contribution in [0.1, 0.15) is 25.0 Å². The molecule has 0 fully saturated rings. The fourth-order valence-electron chi connectivity index (χ4n) is 1.71. The Morgan fingerprint density at radius 3 is 2.11 bits per heavy atom. The first kappa shape index (κ1) is 15.0. The molecule has 102 valence electrons. The second kappa shape index (κ2) is 5.74. The van der Waals surface area contributed by atoms with Gasteiger partial charge in [-0.2, -0.15) is 0 Å². The summed E-state index contributed by atoms with van der Waals surface area (Å²) in [6.45, 7) is 6.92. The van der Waals surface area contributed by atoms with Crippen molar-refractivity contribution in [3.63, 3.8) is 0 Å². The SMILES string of the molecule is CCOP(=O)(OCC)c1c(C)c(O)cc(C)c1O. The van der Waals surface area contributed by atoms with Crippen LogP contribution in [-0.2, 0) is 13.6 Å². The molecule has 0 radical (unpaired) electrons. The lowest BCUT2D eigenvalue weighted by Gasteiger charge is -2.21. The molecule has 1 aromatic rings. The molecule has 0 aliphatic rings. The number of hydrogen-bond acceptors (Lipinski definition) is 5. The standard InChI is InChI=1S/C12H19O5P/c1-5-16-18(15,17-6-2)12-9(4)10(13)7-8(3)11(12)14/h7,13-14H,5-6H2,1-4H3. The van der Waals surface area contributed by atoms with Crippen LogP contribution in [-0.4, -0.2) is 23.4 Å². The Morgan fingerprint density at radius 2 is 1.67 bits per heavy atom. The summed E-state index contributed by atoms with van der Waals surface area (Å²) in [6.07, 6.45) is 0. The van der Waals surface area contributed by atoms with Gasteiger partial charge in [0.25, 0.3) is 0 Å². The third-order valence-corrected chi connectivity index (χ3v) is 4.85. The summed E-state index contributed by atoms with van der Waals surface area (Å²) < 4.78 is 23.0. The number of rotatable bonds is 5. The highest BCUT2D eigenvalue weighted by Crippen LogP contribution is 2.51. The zero-order chi connectivity index (χ0) is 13.9. The maximum absolute atomic E-state index is 12.6. The van der Waals surface area contributed by atoms with E-state index in [1.807, 2.05) is 0 Å². The van der Waals surface area contributed by atoms with E-state index in [2.05, 4.69) is 0 Å². The number of phenolic OH excluding ortho intramolecular Hbond substituents is 2. The summed E-state index contributed by atoms with van der Waals surface area (Å²) in [5, 5.41) is 19.9. The molecule has 0 aromatic heterocycles. The summed E-state index contributed by atoms with van der Waals surface area (Å²) in [5.41, 5.74) is 0.732. The molecule has 0 aliphatic heterocycles. The van der Waals surface area contributed by atoms with E-state index in [0.29, 0.717) is 11.1 Å². The molecule has 0 aliphatic carbocycles. The largest absolute Gasteiger partial charge is 0.508 e. The Morgan fingerprint density at radius 1 is 1.17 bits per heavy atom. The van der Waals surface area contributed by atoms with E-state index in [-0.39, 0.29) is 30.0 Å². The lowest BCUT2D eigenvalue weighted by Crippen LogP contribution is -2.15. The van der Waals surface area contributed by atoms with Gasteiger partial charge >= 0.3 is 7.60 Å². The van der Waals surface area contributed by atoms with E-state index in [1.165, 1.54) is 6.07 Å². The summed E-state index contributed by atoms with van der Waals surface area (Å²) in [6, 6.07) is 1.41. The van der Waals surface area contributed by atoms with E-state index in [9.17, 15) is 14.8 Å². The molecule has 6 heteroatoms. The number of hydrogen-bond donors (Lipinski definition) is 2. The molecule has 0 amide bonds. The van der Waals surface area contributed by atoms with Crippen molar-refractivity contribution in [1.29, 1.82) is 0 Å². The predicted octanol–water partition coefficient (Wildman–Crippen LogP) is 2.61. The van der Waals surface area contributed by atoms with Gasteiger partial charge < -0.3 is 19.3 Å². The Bertz CT molecular complexity index is 448. The van der Waals surface area contributed by atoms with Crippen molar-refractivity contribution >= 4 is 12.9 Å². The Hall–Kier alpha value is -1.03. The molecule has 0 heterocycles. The van der Waals surface area contributed by atoms with Crippen LogP contribution in [0.5, 0.6) is 11.5 Å². The van der Waals surface area contributed by atoms with Gasteiger partial charge in [0.2, 0.25) is 0 Å². The van der Waals surface area contributed by atoms with Crippen molar-refractivity contribution in [3.8, 4) is 11.5 Å². The van der Waals surface area contributed by atoms with E-state index in [0.717, 1.165) is 0 Å². The van der Waals surface area contributed by atoms with Gasteiger partial charge in [-0.3, -0.25) is 4.57 Å². The van der Waals surface area contributed by atoms with Crippen LogP contribution in [0.25, 0.3) is 0 Å². The zero-order valence-corrected chi connectivity index (χ0v) is 12.0. The highest BCUT2D eigenvalue weighted by molar-refractivity contribution is 7.62. The molecule has 1 rings (SSSR count). The third kappa shape index (κ3) is 2.69. The lowest BCUT2D eigenvalue weighted by molar-refractivity contribution is 0.229. The van der Waals surface area contributed by atoms with E-state index in [1.54, 1.807) is 27.7 Å². The fraction of sp³-hybridized carbons (Fsp3) is 0.500. The molecular formula is C12H19O5P. The minimum absolute atomic E-state index is 0.0417. The van der Waals surface area contributed by atoms with E-state index >= 15 is 0 Å². The summed E-state index contributed by atoms with van der Waals surface area (Å²) >= 11 is 0. The summed E-state index contributed by atoms with van der Waals surface area (Å²) in [7, 11) is -3.61. The third-order valence-electron chi connectivity index (χ3n) is 2.56. The van der Waals surface area contributed by atoms with Crippen LogP contribution in [0.15, 0.2) is 6.07 Å². The van der Waals surface area contributed by atoms with E-state index in [4.69, 9.17) is 9.05 Å². The molecule has 18 heavy (non-hydrogen) atoms. The number of aryl methyl sites for hydroxylation is 1. The first-order valence-corrected chi connectivity index (χ1v) is 7.33. The van der Waals surface area contributed by atoms with Crippen LogP contribution < -0.4 is 5.30 Å². The van der Waals surface area contributed by atoms with Gasteiger partial charge in [-0.25, -0.2) is 0 Å². The quantitative estimate of drug-likeness (QED) is 0.637. The Labute approximate surface area is 107 Å². The van der Waals surface area contributed by atoms with Crippen molar-refractivity contribution in [2.24, 2.45) is 0 Å². The number of benzene rings is 1. The zero-order valence-electron chi connectivity index (χ0n) is 11.1. The highest BCUT2D eigenvalue weighted by atomic mass is 31.2. The average Bonchev–Trinajstić information content (AvgIpc) is 2.27. The summed E-state index contributed by atoms with van der Waals surface area (Å²) in [5.74, 6) is -0.199. The van der Waals surface area contributed by atoms with Crippen LogP contribution >= 0.6 is 7.60 Å². The van der Waals surface area contributed by atoms with Gasteiger partial charge in [-0.1, -0.05) is 0 Å². The number of phenols is 2. The van der Waals surface area contributed by atoms with Gasteiger partial charge in [-0.15, -0.1) is 0 Å². The minimum Gasteiger partial charge on any atom is -0.508 e. The molecule has 0 spiro atoms. The second-order valence-corrected chi connectivity index (χ2v) is 5.83. The topological polar surface area (TPSA) is 76.0 Å². The van der Waals surface area contributed by atoms with Gasteiger partial charge in [0, 0.05) is 5.56 Å². The second-order valence-electron chi connectivity index (χ2n) is 3.87. The van der Waals surface area contributed by atoms with Gasteiger partial charge in [0.05, 0.1) is 13.2 Å². The van der Waals surface area contributed by atoms with Crippen LogP contribution in [0, 0.1) is 13.8 Å². The molecule has 2 N–H and O–H groups in total.